The zero-order chi connectivity index (χ0) is 12.8. The van der Waals surface area contributed by atoms with Gasteiger partial charge < -0.3 is 10.1 Å². The van der Waals surface area contributed by atoms with Crippen LogP contribution in [-0.2, 0) is 20.7 Å². The van der Waals surface area contributed by atoms with Crippen molar-refractivity contribution in [2.45, 2.75) is 19.4 Å². The second kappa shape index (κ2) is 6.39. The van der Waals surface area contributed by atoms with E-state index in [9.17, 15) is 9.59 Å². The van der Waals surface area contributed by atoms with Gasteiger partial charge in [0.1, 0.15) is 6.04 Å². The van der Waals surface area contributed by atoms with Crippen molar-refractivity contribution in [3.63, 3.8) is 0 Å². The van der Waals surface area contributed by atoms with Crippen molar-refractivity contribution in [2.24, 2.45) is 0 Å². The van der Waals surface area contributed by atoms with Crippen molar-refractivity contribution in [3.8, 4) is 0 Å². The number of amides is 1. The third-order valence-electron chi connectivity index (χ3n) is 2.25. The quantitative estimate of drug-likeness (QED) is 0.861. The van der Waals surface area contributed by atoms with Crippen LogP contribution in [0.3, 0.4) is 0 Å². The van der Waals surface area contributed by atoms with Gasteiger partial charge in [-0.25, -0.2) is 4.79 Å². The van der Waals surface area contributed by atoms with Crippen LogP contribution in [0.5, 0.6) is 0 Å². The van der Waals surface area contributed by atoms with Crippen LogP contribution in [0.1, 0.15) is 12.5 Å². The first-order valence-electron chi connectivity index (χ1n) is 5.13. The number of methoxy groups -OCH3 is 1. The average molecular weight is 300 g/mol. The minimum atomic E-state index is -0.656. The van der Waals surface area contributed by atoms with E-state index in [0.29, 0.717) is 6.42 Å². The molecule has 1 atom stereocenters. The fourth-order valence-corrected chi connectivity index (χ4v) is 1.91. The monoisotopic (exact) mass is 299 g/mol. The molecule has 0 heterocycles. The highest BCUT2D eigenvalue weighted by atomic mass is 79.9. The van der Waals surface area contributed by atoms with E-state index in [-0.39, 0.29) is 5.91 Å². The SMILES string of the molecule is COC(=O)C(Cc1ccccc1Br)NC(C)=O. The van der Waals surface area contributed by atoms with Crippen molar-refractivity contribution in [3.05, 3.63) is 34.3 Å². The first kappa shape index (κ1) is 13.7. The summed E-state index contributed by atoms with van der Waals surface area (Å²) in [6.07, 6.45) is 0.397. The molecule has 1 aromatic carbocycles. The lowest BCUT2D eigenvalue weighted by atomic mass is 10.1. The molecule has 17 heavy (non-hydrogen) atoms. The number of rotatable bonds is 4. The van der Waals surface area contributed by atoms with Crippen LogP contribution in [0, 0.1) is 0 Å². The predicted molar refractivity (Wildman–Crippen MR) is 67.5 cm³/mol. The Hall–Kier alpha value is -1.36. The summed E-state index contributed by atoms with van der Waals surface area (Å²) in [4.78, 5) is 22.5. The van der Waals surface area contributed by atoms with Crippen LogP contribution in [-0.4, -0.2) is 25.0 Å². The second-order valence-electron chi connectivity index (χ2n) is 3.57. The second-order valence-corrected chi connectivity index (χ2v) is 4.43. The molecule has 0 bridgehead atoms. The lowest BCUT2D eigenvalue weighted by Gasteiger charge is -2.16. The Morgan fingerprint density at radius 3 is 2.59 bits per heavy atom. The maximum Gasteiger partial charge on any atom is 0.328 e. The van der Waals surface area contributed by atoms with E-state index in [1.807, 2.05) is 24.3 Å². The molecule has 0 aliphatic rings. The Labute approximate surface area is 108 Å². The number of hydrogen-bond donors (Lipinski definition) is 1. The summed E-state index contributed by atoms with van der Waals surface area (Å²) in [5.41, 5.74) is 0.941. The van der Waals surface area contributed by atoms with Gasteiger partial charge in [-0.1, -0.05) is 34.1 Å². The molecule has 0 radical (unpaired) electrons. The third kappa shape index (κ3) is 4.19. The van der Waals surface area contributed by atoms with E-state index in [0.717, 1.165) is 10.0 Å². The van der Waals surface area contributed by atoms with Gasteiger partial charge >= 0.3 is 5.97 Å². The summed E-state index contributed by atoms with van der Waals surface area (Å²) in [6, 6.07) is 6.89. The van der Waals surface area contributed by atoms with Gasteiger partial charge in [0, 0.05) is 17.8 Å². The third-order valence-corrected chi connectivity index (χ3v) is 3.02. The Balaban J connectivity index is 2.82. The maximum atomic E-state index is 11.5. The van der Waals surface area contributed by atoms with Crippen molar-refractivity contribution in [2.75, 3.05) is 7.11 Å². The molecule has 1 N–H and O–H groups in total. The molecule has 1 aromatic rings. The topological polar surface area (TPSA) is 55.4 Å². The number of esters is 1. The summed E-state index contributed by atoms with van der Waals surface area (Å²) >= 11 is 3.40. The molecule has 1 amide bonds. The normalized spacial score (nSPS) is 11.7. The van der Waals surface area contributed by atoms with Crippen molar-refractivity contribution < 1.29 is 14.3 Å². The van der Waals surface area contributed by atoms with Crippen LogP contribution >= 0.6 is 15.9 Å². The number of hydrogen-bond acceptors (Lipinski definition) is 3. The standard InChI is InChI=1S/C12H14BrNO3/c1-8(15)14-11(12(16)17-2)7-9-5-3-4-6-10(9)13/h3-6,11H,7H2,1-2H3,(H,14,15). The van der Waals surface area contributed by atoms with E-state index in [1.165, 1.54) is 14.0 Å². The number of benzene rings is 1. The molecule has 0 spiro atoms. The Kier molecular flexibility index (Phi) is 5.15. The van der Waals surface area contributed by atoms with Crippen LogP contribution in [0.2, 0.25) is 0 Å². The van der Waals surface area contributed by atoms with Gasteiger partial charge in [0.05, 0.1) is 7.11 Å². The summed E-state index contributed by atoms with van der Waals surface area (Å²) in [5, 5.41) is 2.57. The Morgan fingerprint density at radius 2 is 2.06 bits per heavy atom. The van der Waals surface area contributed by atoms with Crippen LogP contribution in [0.15, 0.2) is 28.7 Å². The zero-order valence-corrected chi connectivity index (χ0v) is 11.3. The van der Waals surface area contributed by atoms with E-state index in [2.05, 4.69) is 26.0 Å². The zero-order valence-electron chi connectivity index (χ0n) is 9.70. The smallest absolute Gasteiger partial charge is 0.328 e. The summed E-state index contributed by atoms with van der Waals surface area (Å²) in [5.74, 6) is -0.705. The van der Waals surface area contributed by atoms with Crippen molar-refractivity contribution in [1.82, 2.24) is 5.32 Å². The molecule has 0 fully saturated rings. The largest absolute Gasteiger partial charge is 0.467 e. The molecule has 0 aliphatic carbocycles. The minimum absolute atomic E-state index is 0.257. The van der Waals surface area contributed by atoms with E-state index < -0.39 is 12.0 Å². The van der Waals surface area contributed by atoms with Crippen molar-refractivity contribution >= 4 is 27.8 Å². The minimum Gasteiger partial charge on any atom is -0.467 e. The number of carbonyl (C=O) groups excluding carboxylic acids is 2. The van der Waals surface area contributed by atoms with Gasteiger partial charge in [-0.15, -0.1) is 0 Å². The molecular weight excluding hydrogens is 286 g/mol. The summed E-state index contributed by atoms with van der Waals surface area (Å²) in [7, 11) is 1.30. The molecule has 0 aliphatic heterocycles. The summed E-state index contributed by atoms with van der Waals surface area (Å²) in [6.45, 7) is 1.37. The first-order chi connectivity index (χ1) is 8.04. The number of nitrogens with one attached hydrogen (secondary N) is 1. The van der Waals surface area contributed by atoms with Gasteiger partial charge in [0.2, 0.25) is 5.91 Å². The van der Waals surface area contributed by atoms with Crippen LogP contribution in [0.4, 0.5) is 0 Å². The van der Waals surface area contributed by atoms with E-state index >= 15 is 0 Å². The maximum absolute atomic E-state index is 11.5. The molecule has 1 unspecified atom stereocenters. The lowest BCUT2D eigenvalue weighted by molar-refractivity contribution is -0.144. The lowest BCUT2D eigenvalue weighted by Crippen LogP contribution is -2.42. The van der Waals surface area contributed by atoms with E-state index in [1.54, 1.807) is 0 Å². The highest BCUT2D eigenvalue weighted by Gasteiger charge is 2.21. The van der Waals surface area contributed by atoms with Crippen LogP contribution < -0.4 is 5.32 Å². The number of halogens is 1. The fraction of sp³-hybridized carbons (Fsp3) is 0.333. The van der Waals surface area contributed by atoms with E-state index in [4.69, 9.17) is 0 Å². The number of ether oxygens (including phenoxy) is 1. The molecule has 0 saturated heterocycles. The highest BCUT2D eigenvalue weighted by Crippen LogP contribution is 2.17. The molecule has 5 heteroatoms. The van der Waals surface area contributed by atoms with Crippen molar-refractivity contribution in [1.29, 1.82) is 0 Å². The molecule has 0 aromatic heterocycles. The highest BCUT2D eigenvalue weighted by molar-refractivity contribution is 9.10. The fourth-order valence-electron chi connectivity index (χ4n) is 1.46. The molecule has 1 rings (SSSR count). The average Bonchev–Trinajstić information content (AvgIpc) is 2.29. The van der Waals surface area contributed by atoms with Gasteiger partial charge in [-0.05, 0) is 11.6 Å². The summed E-state index contributed by atoms with van der Waals surface area (Å²) < 4.78 is 5.56. The van der Waals surface area contributed by atoms with Gasteiger partial charge in [-0.3, -0.25) is 4.79 Å². The Bertz CT molecular complexity index is 420. The van der Waals surface area contributed by atoms with Gasteiger partial charge in [0.15, 0.2) is 0 Å². The molecule has 92 valence electrons. The molecule has 0 saturated carbocycles. The molecular formula is C12H14BrNO3. The number of carbonyl (C=O) groups is 2. The van der Waals surface area contributed by atoms with Gasteiger partial charge in [0.25, 0.3) is 0 Å². The first-order valence-corrected chi connectivity index (χ1v) is 5.92. The van der Waals surface area contributed by atoms with Crippen LogP contribution in [0.25, 0.3) is 0 Å². The predicted octanol–water partition coefficient (Wildman–Crippen LogP) is 1.67. The molecule has 4 nitrogen and oxygen atoms in total. The Morgan fingerprint density at radius 1 is 1.41 bits per heavy atom. The van der Waals surface area contributed by atoms with Gasteiger partial charge in [-0.2, -0.15) is 0 Å².